The van der Waals surface area contributed by atoms with Crippen molar-refractivity contribution in [2.75, 3.05) is 19.6 Å². The van der Waals surface area contributed by atoms with E-state index in [9.17, 15) is 19.3 Å². The second kappa shape index (κ2) is 14.3. The molecule has 1 aromatic heterocycles. The van der Waals surface area contributed by atoms with Gasteiger partial charge < -0.3 is 15.0 Å². The summed E-state index contributed by atoms with van der Waals surface area (Å²) in [5.74, 6) is -1.15. The Kier molecular flexibility index (Phi) is 11.5. The SMILES string of the molecule is CCCCCN(CCCCC)CC(C)NC(=O)c1ccn(COc2cc(F)ccc2[N+](=O)[O-])n1. The molecule has 0 saturated carbocycles. The number of nitro benzene ring substituents is 1. The van der Waals surface area contributed by atoms with Crippen molar-refractivity contribution in [2.24, 2.45) is 0 Å². The van der Waals surface area contributed by atoms with Crippen molar-refractivity contribution in [1.29, 1.82) is 0 Å². The molecule has 0 saturated heterocycles. The van der Waals surface area contributed by atoms with Gasteiger partial charge in [-0.05, 0) is 45.0 Å². The highest BCUT2D eigenvalue weighted by molar-refractivity contribution is 5.92. The summed E-state index contributed by atoms with van der Waals surface area (Å²) in [6, 6.07) is 4.49. The molecule has 0 bridgehead atoms. The summed E-state index contributed by atoms with van der Waals surface area (Å²) in [4.78, 5) is 25.5. The number of nitrogens with zero attached hydrogens (tertiary/aromatic N) is 4. The highest BCUT2D eigenvalue weighted by atomic mass is 19.1. The molecule has 0 fully saturated rings. The zero-order chi connectivity index (χ0) is 24.9. The van der Waals surface area contributed by atoms with Crippen LogP contribution in [0.2, 0.25) is 0 Å². The molecule has 0 aliphatic rings. The van der Waals surface area contributed by atoms with Crippen LogP contribution in [0.4, 0.5) is 10.1 Å². The van der Waals surface area contributed by atoms with Gasteiger partial charge in [0.05, 0.1) is 4.92 Å². The molecule has 2 aromatic rings. The van der Waals surface area contributed by atoms with Crippen molar-refractivity contribution >= 4 is 11.6 Å². The lowest BCUT2D eigenvalue weighted by Gasteiger charge is -2.26. The molecule has 10 heteroatoms. The highest BCUT2D eigenvalue weighted by Gasteiger charge is 2.18. The smallest absolute Gasteiger partial charge is 0.311 e. The summed E-state index contributed by atoms with van der Waals surface area (Å²) in [6.45, 7) is 8.98. The predicted octanol–water partition coefficient (Wildman–Crippen LogP) is 4.77. The van der Waals surface area contributed by atoms with E-state index in [4.69, 9.17) is 4.74 Å². The zero-order valence-electron chi connectivity index (χ0n) is 20.3. The first-order valence-corrected chi connectivity index (χ1v) is 12.0. The van der Waals surface area contributed by atoms with Crippen LogP contribution in [0.15, 0.2) is 30.5 Å². The van der Waals surface area contributed by atoms with E-state index in [0.717, 1.165) is 50.7 Å². The number of hydrogen-bond donors (Lipinski definition) is 1. The second-order valence-electron chi connectivity index (χ2n) is 8.47. The maximum absolute atomic E-state index is 13.5. The Balaban J connectivity index is 1.90. The van der Waals surface area contributed by atoms with E-state index in [1.807, 2.05) is 6.92 Å². The van der Waals surface area contributed by atoms with Gasteiger partial charge in [0.2, 0.25) is 5.75 Å². The fourth-order valence-electron chi connectivity index (χ4n) is 3.64. The Morgan fingerprint density at radius 2 is 1.88 bits per heavy atom. The third kappa shape index (κ3) is 9.09. The van der Waals surface area contributed by atoms with E-state index < -0.39 is 10.7 Å². The van der Waals surface area contributed by atoms with E-state index >= 15 is 0 Å². The molecule has 0 aliphatic heterocycles. The summed E-state index contributed by atoms with van der Waals surface area (Å²) in [5, 5.41) is 18.3. The van der Waals surface area contributed by atoms with Gasteiger partial charge in [-0.15, -0.1) is 0 Å². The molecule has 1 amide bonds. The van der Waals surface area contributed by atoms with Crippen molar-refractivity contribution in [3.05, 3.63) is 52.1 Å². The third-order valence-electron chi connectivity index (χ3n) is 5.41. The summed E-state index contributed by atoms with van der Waals surface area (Å²) in [6.07, 6.45) is 8.58. The summed E-state index contributed by atoms with van der Waals surface area (Å²) in [7, 11) is 0. The number of amides is 1. The van der Waals surface area contributed by atoms with Gasteiger partial charge in [-0.2, -0.15) is 5.10 Å². The lowest BCUT2D eigenvalue weighted by molar-refractivity contribution is -0.386. The predicted molar refractivity (Wildman–Crippen MR) is 128 cm³/mol. The number of nitrogens with one attached hydrogen (secondary N) is 1. The second-order valence-corrected chi connectivity index (χ2v) is 8.47. The average Bonchev–Trinajstić information content (AvgIpc) is 3.27. The standard InChI is InChI=1S/C24H36FN5O4/c1-4-6-8-13-28(14-9-7-5-2)17-19(3)26-24(31)21-12-15-29(27-21)18-34-23-16-20(25)10-11-22(23)30(32)33/h10-12,15-16,19H,4-9,13-14,17-18H2,1-3H3,(H,26,31). The minimum absolute atomic E-state index is 0.0490. The number of ether oxygens (including phenoxy) is 1. The molecule has 34 heavy (non-hydrogen) atoms. The molecule has 1 heterocycles. The molecule has 0 radical (unpaired) electrons. The number of benzene rings is 1. The van der Waals surface area contributed by atoms with Crippen LogP contribution in [0.1, 0.15) is 69.8 Å². The number of unbranched alkanes of at least 4 members (excludes halogenated alkanes) is 4. The average molecular weight is 478 g/mol. The van der Waals surface area contributed by atoms with Crippen LogP contribution in [0.25, 0.3) is 0 Å². The number of carbonyl (C=O) groups excluding carboxylic acids is 1. The van der Waals surface area contributed by atoms with Crippen LogP contribution >= 0.6 is 0 Å². The van der Waals surface area contributed by atoms with E-state index in [1.54, 1.807) is 6.07 Å². The van der Waals surface area contributed by atoms with E-state index in [-0.39, 0.29) is 35.8 Å². The van der Waals surface area contributed by atoms with Gasteiger partial charge in [-0.1, -0.05) is 39.5 Å². The van der Waals surface area contributed by atoms with Crippen LogP contribution in [-0.2, 0) is 6.73 Å². The number of halogens is 1. The Morgan fingerprint density at radius 1 is 1.21 bits per heavy atom. The largest absolute Gasteiger partial charge is 0.464 e. The van der Waals surface area contributed by atoms with Gasteiger partial charge in [0, 0.05) is 30.9 Å². The zero-order valence-corrected chi connectivity index (χ0v) is 20.3. The number of rotatable bonds is 16. The minimum atomic E-state index is -0.647. The first-order chi connectivity index (χ1) is 16.3. The maximum Gasteiger partial charge on any atom is 0.311 e. The Hall–Kier alpha value is -3.01. The van der Waals surface area contributed by atoms with Crippen molar-refractivity contribution in [3.63, 3.8) is 0 Å². The topological polar surface area (TPSA) is 103 Å². The van der Waals surface area contributed by atoms with Gasteiger partial charge in [-0.25, -0.2) is 9.07 Å². The van der Waals surface area contributed by atoms with Crippen LogP contribution in [-0.4, -0.2) is 51.2 Å². The van der Waals surface area contributed by atoms with Crippen molar-refractivity contribution in [3.8, 4) is 5.75 Å². The Morgan fingerprint density at radius 3 is 2.50 bits per heavy atom. The quantitative estimate of drug-likeness (QED) is 0.212. The molecule has 0 spiro atoms. The molecule has 9 nitrogen and oxygen atoms in total. The van der Waals surface area contributed by atoms with Crippen LogP contribution in [0.3, 0.4) is 0 Å². The number of hydrogen-bond acceptors (Lipinski definition) is 6. The van der Waals surface area contributed by atoms with Crippen molar-refractivity contribution in [1.82, 2.24) is 20.0 Å². The van der Waals surface area contributed by atoms with Crippen molar-refractivity contribution < 1.29 is 18.8 Å². The minimum Gasteiger partial charge on any atom is -0.464 e. The lowest BCUT2D eigenvalue weighted by atomic mass is 10.2. The highest BCUT2D eigenvalue weighted by Crippen LogP contribution is 2.27. The maximum atomic E-state index is 13.5. The molecule has 1 N–H and O–H groups in total. The molecule has 2 rings (SSSR count). The Labute approximate surface area is 200 Å². The molecule has 1 aromatic carbocycles. The molecule has 188 valence electrons. The number of nitro groups is 1. The first kappa shape index (κ1) is 27.2. The molecular formula is C24H36FN5O4. The summed E-state index contributed by atoms with van der Waals surface area (Å²) >= 11 is 0. The fraction of sp³-hybridized carbons (Fsp3) is 0.583. The summed E-state index contributed by atoms with van der Waals surface area (Å²) in [5.41, 5.74) is -0.129. The van der Waals surface area contributed by atoms with E-state index in [2.05, 4.69) is 29.2 Å². The van der Waals surface area contributed by atoms with Gasteiger partial charge in [0.15, 0.2) is 6.73 Å². The van der Waals surface area contributed by atoms with Crippen LogP contribution in [0.5, 0.6) is 5.75 Å². The number of carbonyl (C=O) groups is 1. The van der Waals surface area contributed by atoms with Gasteiger partial charge >= 0.3 is 5.69 Å². The van der Waals surface area contributed by atoms with Gasteiger partial charge in [-0.3, -0.25) is 14.9 Å². The monoisotopic (exact) mass is 477 g/mol. The van der Waals surface area contributed by atoms with E-state index in [0.29, 0.717) is 0 Å². The van der Waals surface area contributed by atoms with Gasteiger partial charge in [0.25, 0.3) is 5.91 Å². The molecule has 1 atom stereocenters. The van der Waals surface area contributed by atoms with Crippen molar-refractivity contribution in [2.45, 2.75) is 72.1 Å². The molecular weight excluding hydrogens is 441 g/mol. The Bertz CT molecular complexity index is 911. The van der Waals surface area contributed by atoms with Crippen LogP contribution in [0, 0.1) is 15.9 Å². The molecule has 0 aliphatic carbocycles. The number of aromatic nitrogens is 2. The summed E-state index contributed by atoms with van der Waals surface area (Å²) < 4.78 is 20.1. The molecule has 1 unspecified atom stereocenters. The fourth-order valence-corrected chi connectivity index (χ4v) is 3.64. The lowest BCUT2D eigenvalue weighted by Crippen LogP contribution is -2.42. The third-order valence-corrected chi connectivity index (χ3v) is 5.41. The first-order valence-electron chi connectivity index (χ1n) is 12.0. The normalized spacial score (nSPS) is 12.0. The van der Waals surface area contributed by atoms with Gasteiger partial charge in [0.1, 0.15) is 11.5 Å². The van der Waals surface area contributed by atoms with Crippen LogP contribution < -0.4 is 10.1 Å². The van der Waals surface area contributed by atoms with E-state index in [1.165, 1.54) is 36.6 Å².